The molecule has 0 aromatic rings. The summed E-state index contributed by atoms with van der Waals surface area (Å²) in [6, 6.07) is 0.503. The second-order valence-electron chi connectivity index (χ2n) is 6.93. The van der Waals surface area contributed by atoms with Crippen LogP contribution < -0.4 is 5.32 Å². The van der Waals surface area contributed by atoms with Crippen LogP contribution in [-0.2, 0) is 4.74 Å². The molecule has 0 saturated carbocycles. The normalized spacial score (nSPS) is 36.3. The van der Waals surface area contributed by atoms with Crippen LogP contribution in [0.5, 0.6) is 0 Å². The highest BCUT2D eigenvalue weighted by atomic mass is 31.1. The van der Waals surface area contributed by atoms with E-state index in [9.17, 15) is 0 Å². The van der Waals surface area contributed by atoms with Gasteiger partial charge in [-0.1, -0.05) is 20.6 Å². The first kappa shape index (κ1) is 16.1. The summed E-state index contributed by atoms with van der Waals surface area (Å²) < 4.78 is 5.53. The maximum absolute atomic E-state index is 5.53. The van der Waals surface area contributed by atoms with Gasteiger partial charge >= 0.3 is 0 Å². The molecule has 4 aliphatic rings. The maximum atomic E-state index is 5.53. The van der Waals surface area contributed by atoms with Crippen LogP contribution in [0.4, 0.5) is 0 Å². The number of nitrogens with one attached hydrogen (secondary N) is 1. The van der Waals surface area contributed by atoms with Crippen LogP contribution in [0.1, 0.15) is 25.7 Å². The largest absolute Gasteiger partial charge is 0.384 e. The fourth-order valence-corrected chi connectivity index (χ4v) is 6.96. The van der Waals surface area contributed by atoms with Gasteiger partial charge in [-0.2, -0.15) is 0 Å². The molecule has 2 saturated heterocycles. The molecular weight excluding hydrogens is 322 g/mol. The number of rotatable bonds is 3. The average Bonchev–Trinajstić information content (AvgIpc) is 2.63. The Kier molecular flexibility index (Phi) is 5.39. The number of hydrogen-bond donors (Lipinski definition) is 1. The quantitative estimate of drug-likeness (QED) is 0.791. The second-order valence-corrected chi connectivity index (χ2v) is 9.94. The Labute approximate surface area is 143 Å². The molecule has 0 bridgehead atoms. The first-order valence-corrected chi connectivity index (χ1v) is 11.5. The number of morpholine rings is 1. The van der Waals surface area contributed by atoms with Crippen molar-refractivity contribution >= 4 is 17.2 Å². The Morgan fingerprint density at radius 3 is 3.00 bits per heavy atom. The van der Waals surface area contributed by atoms with Gasteiger partial charge < -0.3 is 15.0 Å². The van der Waals surface area contributed by atoms with Crippen LogP contribution in [0.3, 0.4) is 0 Å². The fourth-order valence-electron chi connectivity index (χ4n) is 4.09. The van der Waals surface area contributed by atoms with Crippen molar-refractivity contribution in [3.8, 4) is 0 Å². The molecule has 3 aliphatic heterocycles. The first-order valence-electron chi connectivity index (χ1n) is 9.06. The van der Waals surface area contributed by atoms with Crippen LogP contribution in [0.15, 0.2) is 35.4 Å². The first-order chi connectivity index (χ1) is 11.4. The van der Waals surface area contributed by atoms with E-state index in [1.54, 1.807) is 5.57 Å². The minimum atomic E-state index is 0.503. The third kappa shape index (κ3) is 3.84. The Morgan fingerprint density at radius 2 is 2.17 bits per heavy atom. The Bertz CT molecular complexity index is 505. The molecule has 3 nitrogen and oxygen atoms in total. The van der Waals surface area contributed by atoms with E-state index in [-0.39, 0.29) is 0 Å². The third-order valence-electron chi connectivity index (χ3n) is 5.36. The molecule has 5 atom stereocenters. The molecule has 0 spiro atoms. The number of hydrogen-bond acceptors (Lipinski definition) is 3. The van der Waals surface area contributed by atoms with Crippen molar-refractivity contribution in [1.82, 2.24) is 10.2 Å². The van der Waals surface area contributed by atoms with Crippen LogP contribution in [-0.4, -0.2) is 54.7 Å². The molecule has 0 radical (unpaired) electrons. The lowest BCUT2D eigenvalue weighted by Gasteiger charge is -2.39. The summed E-state index contributed by atoms with van der Waals surface area (Å²) in [5.74, 6) is 2.34. The summed E-state index contributed by atoms with van der Waals surface area (Å²) in [6.07, 6.45) is 14.4. The Balaban J connectivity index is 1.53. The van der Waals surface area contributed by atoms with E-state index in [4.69, 9.17) is 4.74 Å². The minimum Gasteiger partial charge on any atom is -0.384 e. The van der Waals surface area contributed by atoms with Gasteiger partial charge in [0.25, 0.3) is 0 Å². The van der Waals surface area contributed by atoms with Gasteiger partial charge in [-0.25, -0.2) is 0 Å². The molecule has 126 valence electrons. The van der Waals surface area contributed by atoms with Crippen molar-refractivity contribution < 1.29 is 4.74 Å². The van der Waals surface area contributed by atoms with E-state index in [0.717, 1.165) is 40.5 Å². The van der Waals surface area contributed by atoms with Gasteiger partial charge in [-0.05, 0) is 55.3 Å². The van der Waals surface area contributed by atoms with Crippen molar-refractivity contribution in [2.45, 2.75) is 43.0 Å². The summed E-state index contributed by atoms with van der Waals surface area (Å²) in [4.78, 5) is 2.52. The lowest BCUT2D eigenvalue weighted by Crippen LogP contribution is -2.42. The van der Waals surface area contributed by atoms with E-state index < -0.39 is 0 Å². The zero-order valence-corrected chi connectivity index (χ0v) is 15.8. The van der Waals surface area contributed by atoms with E-state index in [1.165, 1.54) is 46.1 Å². The van der Waals surface area contributed by atoms with Crippen LogP contribution in [0, 0.1) is 0 Å². The molecule has 0 amide bonds. The van der Waals surface area contributed by atoms with E-state index in [1.807, 2.05) is 0 Å². The van der Waals surface area contributed by atoms with Gasteiger partial charge in [0.15, 0.2) is 0 Å². The Morgan fingerprint density at radius 1 is 1.26 bits per heavy atom. The zero-order valence-electron chi connectivity index (χ0n) is 13.8. The molecule has 1 N–H and O–H groups in total. The van der Waals surface area contributed by atoms with Crippen LogP contribution >= 0.6 is 17.2 Å². The van der Waals surface area contributed by atoms with Gasteiger partial charge in [0.2, 0.25) is 0 Å². The maximum Gasteiger partial charge on any atom is 0.0642 e. The molecular formula is C18H28N2OP2. The molecule has 23 heavy (non-hydrogen) atoms. The standard InChI is InChI=1S/C18H28N2OP2/c1-2-9-22-16(3-1)12-14-11-15(20-5-7-21-8-6-20)13-17-18(14)23-10-4-19-17/h4,10-11,13,16-19,22-23H,1-3,5-9,12H2/t16-,17?,18?/m0/s1. The summed E-state index contributed by atoms with van der Waals surface area (Å²) in [5, 5.41) is 3.61. The average molecular weight is 350 g/mol. The minimum absolute atomic E-state index is 0.503. The lowest BCUT2D eigenvalue weighted by molar-refractivity contribution is 0.0549. The predicted octanol–water partition coefficient (Wildman–Crippen LogP) is 3.25. The number of allylic oxidation sites excluding steroid dienone is 1. The van der Waals surface area contributed by atoms with Crippen molar-refractivity contribution in [3.05, 3.63) is 35.4 Å². The van der Waals surface area contributed by atoms with Crippen molar-refractivity contribution in [2.24, 2.45) is 0 Å². The molecule has 2 fully saturated rings. The molecule has 4 rings (SSSR count). The molecule has 1 aliphatic carbocycles. The van der Waals surface area contributed by atoms with E-state index >= 15 is 0 Å². The van der Waals surface area contributed by atoms with Gasteiger partial charge in [-0.3, -0.25) is 0 Å². The van der Waals surface area contributed by atoms with E-state index in [0.29, 0.717) is 11.7 Å². The Hall–Kier alpha value is -0.360. The highest BCUT2D eigenvalue weighted by molar-refractivity contribution is 7.43. The fraction of sp³-hybridized carbons (Fsp3) is 0.667. The molecule has 0 aromatic heterocycles. The molecule has 0 aromatic carbocycles. The van der Waals surface area contributed by atoms with Crippen molar-refractivity contribution in [3.63, 3.8) is 0 Å². The van der Waals surface area contributed by atoms with Gasteiger partial charge in [0.1, 0.15) is 0 Å². The number of fused-ring (bicyclic) bond motifs is 1. The summed E-state index contributed by atoms with van der Waals surface area (Å²) in [7, 11) is 2.12. The van der Waals surface area contributed by atoms with Gasteiger partial charge in [0.05, 0.1) is 19.3 Å². The van der Waals surface area contributed by atoms with Gasteiger partial charge in [0, 0.05) is 24.4 Å². The van der Waals surface area contributed by atoms with Crippen molar-refractivity contribution in [2.75, 3.05) is 32.5 Å². The highest BCUT2D eigenvalue weighted by Crippen LogP contribution is 2.43. The van der Waals surface area contributed by atoms with Gasteiger partial charge in [-0.15, -0.1) is 8.58 Å². The molecule has 5 heteroatoms. The number of nitrogens with zero attached hydrogens (tertiary/aromatic N) is 1. The van der Waals surface area contributed by atoms with Crippen molar-refractivity contribution in [1.29, 1.82) is 0 Å². The predicted molar refractivity (Wildman–Crippen MR) is 102 cm³/mol. The van der Waals surface area contributed by atoms with Crippen LogP contribution in [0.2, 0.25) is 0 Å². The third-order valence-corrected chi connectivity index (χ3v) is 8.52. The SMILES string of the molecule is C1=CPC2C(C[C@@H]3CCCCP3)=CC(N3CCOCC3)=CC2N1. The molecule has 3 heterocycles. The number of ether oxygens (including phenoxy) is 1. The monoisotopic (exact) mass is 350 g/mol. The lowest BCUT2D eigenvalue weighted by atomic mass is 9.92. The topological polar surface area (TPSA) is 24.5 Å². The summed E-state index contributed by atoms with van der Waals surface area (Å²) >= 11 is 0. The smallest absolute Gasteiger partial charge is 0.0642 e. The summed E-state index contributed by atoms with van der Waals surface area (Å²) in [6.45, 7) is 3.81. The highest BCUT2D eigenvalue weighted by Gasteiger charge is 2.31. The molecule has 4 unspecified atom stereocenters. The van der Waals surface area contributed by atoms with Crippen LogP contribution in [0.25, 0.3) is 0 Å². The zero-order chi connectivity index (χ0) is 15.5. The second kappa shape index (κ2) is 7.68. The van der Waals surface area contributed by atoms with E-state index in [2.05, 4.69) is 34.4 Å². The summed E-state index contributed by atoms with van der Waals surface area (Å²) in [5.41, 5.74) is 4.82.